The number of piperidine rings is 1. The average Bonchev–Trinajstić information content (AvgIpc) is 3.19. The van der Waals surface area contributed by atoms with Crippen LogP contribution < -0.4 is 11.1 Å². The first kappa shape index (κ1) is 13.6. The highest BCUT2D eigenvalue weighted by Gasteiger charge is 2.39. The molecule has 0 aromatic carbocycles. The zero-order chi connectivity index (χ0) is 14.0. The van der Waals surface area contributed by atoms with Gasteiger partial charge in [0, 0.05) is 13.1 Å². The van der Waals surface area contributed by atoms with E-state index in [-0.39, 0.29) is 24.3 Å². The topological polar surface area (TPSA) is 113 Å². The molecule has 1 saturated heterocycles. The van der Waals surface area contributed by atoms with Crippen molar-refractivity contribution >= 4 is 17.9 Å². The number of hydrogen-bond donors (Lipinski definition) is 3. The van der Waals surface area contributed by atoms with E-state index in [1.165, 1.54) is 4.90 Å². The Morgan fingerprint density at radius 2 is 1.95 bits per heavy atom. The van der Waals surface area contributed by atoms with Gasteiger partial charge in [-0.2, -0.15) is 0 Å². The quantitative estimate of drug-likeness (QED) is 0.653. The molecule has 2 rings (SSSR count). The molecule has 0 spiro atoms. The number of aliphatic carboxylic acids is 1. The summed E-state index contributed by atoms with van der Waals surface area (Å²) >= 11 is 0. The van der Waals surface area contributed by atoms with Crippen molar-refractivity contribution < 1.29 is 19.5 Å². The lowest BCUT2D eigenvalue weighted by molar-refractivity contribution is -0.143. The second-order valence-corrected chi connectivity index (χ2v) is 5.29. The average molecular weight is 269 g/mol. The number of nitrogens with zero attached hydrogens (tertiary/aromatic N) is 1. The van der Waals surface area contributed by atoms with Gasteiger partial charge in [-0.25, -0.2) is 9.59 Å². The number of nitrogens with two attached hydrogens (primary N) is 1. The van der Waals surface area contributed by atoms with Gasteiger partial charge >= 0.3 is 12.0 Å². The van der Waals surface area contributed by atoms with E-state index < -0.39 is 18.0 Å². The maximum Gasteiger partial charge on any atom is 0.326 e. The van der Waals surface area contributed by atoms with Crippen molar-refractivity contribution in [1.82, 2.24) is 10.2 Å². The maximum absolute atomic E-state index is 12.1. The van der Waals surface area contributed by atoms with Gasteiger partial charge in [-0.05, 0) is 31.6 Å². The van der Waals surface area contributed by atoms with E-state index in [4.69, 9.17) is 10.8 Å². The predicted octanol–water partition coefficient (Wildman–Crippen LogP) is -0.243. The summed E-state index contributed by atoms with van der Waals surface area (Å²) < 4.78 is 0. The smallest absolute Gasteiger partial charge is 0.326 e. The summed E-state index contributed by atoms with van der Waals surface area (Å²) in [5.74, 6) is -1.58. The number of amides is 3. The summed E-state index contributed by atoms with van der Waals surface area (Å²) in [5.41, 5.74) is 5.20. The van der Waals surface area contributed by atoms with Gasteiger partial charge in [0.2, 0.25) is 5.91 Å². The molecule has 1 heterocycles. The largest absolute Gasteiger partial charge is 0.480 e. The number of urea groups is 1. The number of nitrogens with one attached hydrogen (secondary N) is 1. The van der Waals surface area contributed by atoms with Crippen molar-refractivity contribution in [3.63, 3.8) is 0 Å². The lowest BCUT2D eigenvalue weighted by Crippen LogP contribution is -2.51. The number of primary amides is 1. The van der Waals surface area contributed by atoms with Gasteiger partial charge in [0.05, 0.1) is 5.92 Å². The third-order valence-corrected chi connectivity index (χ3v) is 3.76. The fourth-order valence-corrected chi connectivity index (χ4v) is 2.47. The normalized spacial score (nSPS) is 24.6. The Hall–Kier alpha value is -1.79. The Labute approximate surface area is 111 Å². The van der Waals surface area contributed by atoms with Crippen LogP contribution in [0, 0.1) is 11.8 Å². The van der Waals surface area contributed by atoms with Crippen LogP contribution in [0.15, 0.2) is 0 Å². The molecule has 2 fully saturated rings. The number of carboxylic acid groups (broad SMARTS) is 1. The molecule has 2 unspecified atom stereocenters. The lowest BCUT2D eigenvalue weighted by Gasteiger charge is -2.31. The summed E-state index contributed by atoms with van der Waals surface area (Å²) in [6.45, 7) is 0.836. The fourth-order valence-electron chi connectivity index (χ4n) is 2.47. The molecule has 19 heavy (non-hydrogen) atoms. The summed E-state index contributed by atoms with van der Waals surface area (Å²) in [5, 5.41) is 11.7. The van der Waals surface area contributed by atoms with Crippen LogP contribution in [0.5, 0.6) is 0 Å². The van der Waals surface area contributed by atoms with Gasteiger partial charge in [-0.3, -0.25) is 4.79 Å². The Bertz CT molecular complexity index is 394. The SMILES string of the molecule is NC(=O)N1CCCC(C(=O)NC(C(=O)O)C2CC2)C1. The van der Waals surface area contributed by atoms with Gasteiger partial charge in [-0.15, -0.1) is 0 Å². The minimum atomic E-state index is -0.988. The fraction of sp³-hybridized carbons (Fsp3) is 0.750. The highest BCUT2D eigenvalue weighted by Crippen LogP contribution is 2.33. The molecule has 0 aromatic heterocycles. The van der Waals surface area contributed by atoms with Gasteiger partial charge < -0.3 is 21.1 Å². The molecule has 7 heteroatoms. The highest BCUT2D eigenvalue weighted by molar-refractivity contribution is 5.86. The third-order valence-electron chi connectivity index (χ3n) is 3.76. The predicted molar refractivity (Wildman–Crippen MR) is 66.2 cm³/mol. The molecule has 4 N–H and O–H groups in total. The zero-order valence-electron chi connectivity index (χ0n) is 10.7. The van der Waals surface area contributed by atoms with Gasteiger partial charge in [-0.1, -0.05) is 0 Å². The first-order chi connectivity index (χ1) is 8.99. The number of rotatable bonds is 4. The monoisotopic (exact) mass is 269 g/mol. The van der Waals surface area contributed by atoms with Crippen molar-refractivity contribution in [2.24, 2.45) is 17.6 Å². The Kier molecular flexibility index (Phi) is 3.92. The van der Waals surface area contributed by atoms with E-state index in [1.807, 2.05) is 0 Å². The van der Waals surface area contributed by atoms with E-state index in [9.17, 15) is 14.4 Å². The molecule has 0 aromatic rings. The third kappa shape index (κ3) is 3.36. The minimum absolute atomic E-state index is 0.0530. The van der Waals surface area contributed by atoms with Crippen LogP contribution in [0.1, 0.15) is 25.7 Å². The van der Waals surface area contributed by atoms with Crippen LogP contribution in [0.4, 0.5) is 4.79 Å². The number of carbonyl (C=O) groups excluding carboxylic acids is 2. The molecule has 106 valence electrons. The number of carboxylic acids is 1. The molecular weight excluding hydrogens is 250 g/mol. The van der Waals surface area contributed by atoms with Crippen molar-refractivity contribution in [3.05, 3.63) is 0 Å². The van der Waals surface area contributed by atoms with Gasteiger partial charge in [0.15, 0.2) is 0 Å². The van der Waals surface area contributed by atoms with Crippen molar-refractivity contribution in [3.8, 4) is 0 Å². The second-order valence-electron chi connectivity index (χ2n) is 5.29. The number of hydrogen-bond acceptors (Lipinski definition) is 3. The Morgan fingerprint density at radius 3 is 2.47 bits per heavy atom. The molecule has 1 saturated carbocycles. The summed E-state index contributed by atoms with van der Waals surface area (Å²) in [6.07, 6.45) is 3.06. The molecular formula is C12H19N3O4. The van der Waals surface area contributed by atoms with Crippen LogP contribution in [0.25, 0.3) is 0 Å². The zero-order valence-corrected chi connectivity index (χ0v) is 10.7. The van der Waals surface area contributed by atoms with Crippen molar-refractivity contribution in [2.45, 2.75) is 31.7 Å². The second kappa shape index (κ2) is 5.46. The van der Waals surface area contributed by atoms with Crippen molar-refractivity contribution in [1.29, 1.82) is 0 Å². The summed E-state index contributed by atoms with van der Waals surface area (Å²) in [7, 11) is 0. The van der Waals surface area contributed by atoms with Crippen molar-refractivity contribution in [2.75, 3.05) is 13.1 Å². The highest BCUT2D eigenvalue weighted by atomic mass is 16.4. The Morgan fingerprint density at radius 1 is 1.26 bits per heavy atom. The summed E-state index contributed by atoms with van der Waals surface area (Å²) in [4.78, 5) is 35.7. The van der Waals surface area contributed by atoms with E-state index in [1.54, 1.807) is 0 Å². The van der Waals surface area contributed by atoms with Crippen LogP contribution in [-0.2, 0) is 9.59 Å². The van der Waals surface area contributed by atoms with Crippen LogP contribution in [0.2, 0.25) is 0 Å². The first-order valence-corrected chi connectivity index (χ1v) is 6.56. The molecule has 2 aliphatic rings. The standard InChI is InChI=1S/C12H19N3O4/c13-12(19)15-5-1-2-8(6-15)10(16)14-9(11(17)18)7-3-4-7/h7-9H,1-6H2,(H2,13,19)(H,14,16)(H,17,18). The first-order valence-electron chi connectivity index (χ1n) is 6.56. The molecule has 2 atom stereocenters. The van der Waals surface area contributed by atoms with Crippen LogP contribution >= 0.6 is 0 Å². The van der Waals surface area contributed by atoms with E-state index in [0.29, 0.717) is 19.4 Å². The number of likely N-dealkylation sites (tertiary alicyclic amines) is 1. The van der Waals surface area contributed by atoms with E-state index >= 15 is 0 Å². The molecule has 3 amide bonds. The van der Waals surface area contributed by atoms with E-state index in [2.05, 4.69) is 5.32 Å². The van der Waals surface area contributed by atoms with Gasteiger partial charge in [0.1, 0.15) is 6.04 Å². The minimum Gasteiger partial charge on any atom is -0.480 e. The van der Waals surface area contributed by atoms with Crippen LogP contribution in [-0.4, -0.2) is 47.0 Å². The van der Waals surface area contributed by atoms with Crippen LogP contribution in [0.3, 0.4) is 0 Å². The molecule has 1 aliphatic carbocycles. The summed E-state index contributed by atoms with van der Waals surface area (Å²) in [6, 6.07) is -1.33. The molecule has 1 aliphatic heterocycles. The lowest BCUT2D eigenvalue weighted by atomic mass is 9.96. The van der Waals surface area contributed by atoms with E-state index in [0.717, 1.165) is 12.8 Å². The molecule has 0 radical (unpaired) electrons. The maximum atomic E-state index is 12.1. The molecule has 0 bridgehead atoms. The van der Waals surface area contributed by atoms with Gasteiger partial charge in [0.25, 0.3) is 0 Å². The Balaban J connectivity index is 1.91. The number of carbonyl (C=O) groups is 3. The molecule has 7 nitrogen and oxygen atoms in total.